The SMILES string of the molecule is COc1ccc2c(c1)cc(C=C1CCCCC1)n2C. The van der Waals surface area contributed by atoms with Gasteiger partial charge in [0.05, 0.1) is 7.11 Å². The van der Waals surface area contributed by atoms with Crippen LogP contribution in [0.3, 0.4) is 0 Å². The van der Waals surface area contributed by atoms with Crippen LogP contribution in [-0.2, 0) is 7.05 Å². The zero-order valence-electron chi connectivity index (χ0n) is 11.8. The zero-order chi connectivity index (χ0) is 13.2. The Morgan fingerprint density at radius 1 is 1.11 bits per heavy atom. The van der Waals surface area contributed by atoms with Gasteiger partial charge in [0.25, 0.3) is 0 Å². The van der Waals surface area contributed by atoms with Crippen LogP contribution in [0.25, 0.3) is 17.0 Å². The van der Waals surface area contributed by atoms with Crippen molar-refractivity contribution in [3.05, 3.63) is 35.5 Å². The second-order valence-corrected chi connectivity index (χ2v) is 5.42. The van der Waals surface area contributed by atoms with Gasteiger partial charge in [0.1, 0.15) is 5.75 Å². The smallest absolute Gasteiger partial charge is 0.119 e. The molecule has 2 heteroatoms. The molecular formula is C17H21NO. The predicted molar refractivity (Wildman–Crippen MR) is 80.5 cm³/mol. The van der Waals surface area contributed by atoms with Crippen molar-refractivity contribution < 1.29 is 4.74 Å². The Morgan fingerprint density at radius 2 is 1.89 bits per heavy atom. The molecule has 2 aromatic rings. The molecule has 1 aliphatic rings. The van der Waals surface area contributed by atoms with E-state index in [9.17, 15) is 0 Å². The van der Waals surface area contributed by atoms with Crippen LogP contribution in [0.4, 0.5) is 0 Å². The summed E-state index contributed by atoms with van der Waals surface area (Å²) in [4.78, 5) is 0. The van der Waals surface area contributed by atoms with E-state index in [0.29, 0.717) is 0 Å². The van der Waals surface area contributed by atoms with Gasteiger partial charge >= 0.3 is 0 Å². The highest BCUT2D eigenvalue weighted by molar-refractivity contribution is 5.85. The summed E-state index contributed by atoms with van der Waals surface area (Å²) in [7, 11) is 3.86. The molecule has 1 aromatic carbocycles. The van der Waals surface area contributed by atoms with Crippen LogP contribution in [0.1, 0.15) is 37.8 Å². The highest BCUT2D eigenvalue weighted by Gasteiger charge is 2.09. The van der Waals surface area contributed by atoms with E-state index >= 15 is 0 Å². The molecule has 100 valence electrons. The second kappa shape index (κ2) is 5.12. The van der Waals surface area contributed by atoms with E-state index in [2.05, 4.69) is 35.9 Å². The molecule has 1 aromatic heterocycles. The molecule has 0 spiro atoms. The minimum atomic E-state index is 0.926. The molecule has 1 fully saturated rings. The van der Waals surface area contributed by atoms with E-state index < -0.39 is 0 Å². The Hall–Kier alpha value is -1.70. The fourth-order valence-electron chi connectivity index (χ4n) is 2.97. The maximum atomic E-state index is 5.30. The van der Waals surface area contributed by atoms with Crippen LogP contribution in [-0.4, -0.2) is 11.7 Å². The van der Waals surface area contributed by atoms with Crippen molar-refractivity contribution in [2.45, 2.75) is 32.1 Å². The molecule has 1 heterocycles. The van der Waals surface area contributed by atoms with Gasteiger partial charge in [0.2, 0.25) is 0 Å². The number of ether oxygens (including phenoxy) is 1. The molecule has 0 aliphatic heterocycles. The van der Waals surface area contributed by atoms with Crippen molar-refractivity contribution in [2.24, 2.45) is 7.05 Å². The summed E-state index contributed by atoms with van der Waals surface area (Å²) in [6, 6.07) is 8.54. The van der Waals surface area contributed by atoms with E-state index in [1.807, 2.05) is 6.07 Å². The Kier molecular flexibility index (Phi) is 3.33. The summed E-state index contributed by atoms with van der Waals surface area (Å²) in [5.74, 6) is 0.926. The lowest BCUT2D eigenvalue weighted by molar-refractivity contribution is 0.415. The van der Waals surface area contributed by atoms with Crippen LogP contribution in [0, 0.1) is 0 Å². The summed E-state index contributed by atoms with van der Waals surface area (Å²) in [5.41, 5.74) is 4.17. The maximum Gasteiger partial charge on any atom is 0.119 e. The van der Waals surface area contributed by atoms with Crippen molar-refractivity contribution in [1.29, 1.82) is 0 Å². The lowest BCUT2D eigenvalue weighted by Crippen LogP contribution is -1.96. The molecule has 0 atom stereocenters. The number of methoxy groups -OCH3 is 1. The minimum Gasteiger partial charge on any atom is -0.497 e. The Bertz CT molecular complexity index is 613. The fraction of sp³-hybridized carbons (Fsp3) is 0.412. The Balaban J connectivity index is 2.01. The van der Waals surface area contributed by atoms with Crippen LogP contribution in [0.15, 0.2) is 29.8 Å². The molecule has 1 aliphatic carbocycles. The monoisotopic (exact) mass is 255 g/mol. The second-order valence-electron chi connectivity index (χ2n) is 5.42. The molecule has 0 bridgehead atoms. The van der Waals surface area contributed by atoms with E-state index in [1.54, 1.807) is 12.7 Å². The van der Waals surface area contributed by atoms with Crippen molar-refractivity contribution in [1.82, 2.24) is 4.57 Å². The third-order valence-electron chi connectivity index (χ3n) is 4.13. The van der Waals surface area contributed by atoms with E-state index in [1.165, 1.54) is 48.7 Å². The van der Waals surface area contributed by atoms with Gasteiger partial charge in [0, 0.05) is 23.6 Å². The van der Waals surface area contributed by atoms with Crippen molar-refractivity contribution in [3.63, 3.8) is 0 Å². The third-order valence-corrected chi connectivity index (χ3v) is 4.13. The van der Waals surface area contributed by atoms with Crippen molar-refractivity contribution in [2.75, 3.05) is 7.11 Å². The molecule has 2 nitrogen and oxygen atoms in total. The largest absolute Gasteiger partial charge is 0.497 e. The summed E-state index contributed by atoms with van der Waals surface area (Å²) < 4.78 is 7.57. The molecule has 0 saturated heterocycles. The topological polar surface area (TPSA) is 14.2 Å². The summed E-state index contributed by atoms with van der Waals surface area (Å²) in [6.07, 6.45) is 9.01. The first-order chi connectivity index (χ1) is 9.28. The summed E-state index contributed by atoms with van der Waals surface area (Å²) in [6.45, 7) is 0. The average Bonchev–Trinajstić information content (AvgIpc) is 2.76. The lowest BCUT2D eigenvalue weighted by atomic mass is 9.94. The highest BCUT2D eigenvalue weighted by atomic mass is 16.5. The Labute approximate surface area is 114 Å². The number of rotatable bonds is 2. The first kappa shape index (κ1) is 12.3. The first-order valence-corrected chi connectivity index (χ1v) is 7.11. The summed E-state index contributed by atoms with van der Waals surface area (Å²) >= 11 is 0. The normalized spacial score (nSPS) is 15.8. The average molecular weight is 255 g/mol. The minimum absolute atomic E-state index is 0.926. The molecule has 0 amide bonds. The van der Waals surface area contributed by atoms with Crippen LogP contribution in [0.5, 0.6) is 5.75 Å². The van der Waals surface area contributed by atoms with Gasteiger partial charge in [-0.25, -0.2) is 0 Å². The molecule has 19 heavy (non-hydrogen) atoms. The molecular weight excluding hydrogens is 234 g/mol. The van der Waals surface area contributed by atoms with Crippen molar-refractivity contribution in [3.8, 4) is 5.75 Å². The first-order valence-electron chi connectivity index (χ1n) is 7.11. The molecule has 0 radical (unpaired) electrons. The standard InChI is InChI=1S/C17H21NO/c1-18-15(10-13-6-4-3-5-7-13)11-14-12-16(19-2)8-9-17(14)18/h8-12H,3-7H2,1-2H3. The number of nitrogens with zero attached hydrogens (tertiary/aromatic N) is 1. The molecule has 0 unspecified atom stereocenters. The number of fused-ring (bicyclic) bond motifs is 1. The number of benzene rings is 1. The van der Waals surface area contributed by atoms with E-state index in [0.717, 1.165) is 5.75 Å². The number of aromatic nitrogens is 1. The molecule has 0 N–H and O–H groups in total. The predicted octanol–water partition coefficient (Wildman–Crippen LogP) is 4.53. The van der Waals surface area contributed by atoms with Gasteiger partial charge in [-0.2, -0.15) is 0 Å². The van der Waals surface area contributed by atoms with E-state index in [-0.39, 0.29) is 0 Å². The van der Waals surface area contributed by atoms with Crippen LogP contribution < -0.4 is 4.74 Å². The lowest BCUT2D eigenvalue weighted by Gasteiger charge is -2.13. The van der Waals surface area contributed by atoms with Gasteiger partial charge < -0.3 is 9.30 Å². The Morgan fingerprint density at radius 3 is 2.63 bits per heavy atom. The number of hydrogen-bond acceptors (Lipinski definition) is 1. The van der Waals surface area contributed by atoms with Gasteiger partial charge in [-0.15, -0.1) is 0 Å². The van der Waals surface area contributed by atoms with Crippen LogP contribution >= 0.6 is 0 Å². The number of aryl methyl sites for hydroxylation is 1. The van der Waals surface area contributed by atoms with Crippen molar-refractivity contribution >= 4 is 17.0 Å². The molecule has 1 saturated carbocycles. The zero-order valence-corrected chi connectivity index (χ0v) is 11.8. The number of allylic oxidation sites excluding steroid dienone is 1. The van der Waals surface area contributed by atoms with E-state index in [4.69, 9.17) is 4.74 Å². The van der Waals surface area contributed by atoms with Gasteiger partial charge in [-0.05, 0) is 56.0 Å². The number of hydrogen-bond donors (Lipinski definition) is 0. The maximum absolute atomic E-state index is 5.30. The fourth-order valence-corrected chi connectivity index (χ4v) is 2.97. The molecule has 3 rings (SSSR count). The third kappa shape index (κ3) is 2.40. The quantitative estimate of drug-likeness (QED) is 0.768. The van der Waals surface area contributed by atoms with Gasteiger partial charge in [-0.1, -0.05) is 12.0 Å². The summed E-state index contributed by atoms with van der Waals surface area (Å²) in [5, 5.41) is 1.25. The van der Waals surface area contributed by atoms with Gasteiger partial charge in [0.15, 0.2) is 0 Å². The van der Waals surface area contributed by atoms with Gasteiger partial charge in [-0.3, -0.25) is 0 Å². The van der Waals surface area contributed by atoms with Crippen LogP contribution in [0.2, 0.25) is 0 Å². The highest BCUT2D eigenvalue weighted by Crippen LogP contribution is 2.28.